The van der Waals surface area contributed by atoms with E-state index >= 15 is 0 Å². The molecule has 1 fully saturated rings. The molecule has 2 aromatic carbocycles. The van der Waals surface area contributed by atoms with Crippen LogP contribution >= 0.6 is 0 Å². The highest BCUT2D eigenvalue weighted by molar-refractivity contribution is 5.82. The lowest BCUT2D eigenvalue weighted by Gasteiger charge is -2.14. The van der Waals surface area contributed by atoms with Gasteiger partial charge in [-0.3, -0.25) is 14.3 Å². The summed E-state index contributed by atoms with van der Waals surface area (Å²) >= 11 is 0. The first-order valence-corrected chi connectivity index (χ1v) is 11.1. The topological polar surface area (TPSA) is 123 Å². The Morgan fingerprint density at radius 1 is 1.32 bits per heavy atom. The number of nitriles is 1. The molecule has 1 saturated carbocycles. The van der Waals surface area contributed by atoms with Crippen molar-refractivity contribution in [2.24, 2.45) is 5.92 Å². The van der Waals surface area contributed by atoms with Gasteiger partial charge in [0.2, 0.25) is 5.43 Å². The molecule has 1 N–H and O–H groups in total. The van der Waals surface area contributed by atoms with E-state index in [0.29, 0.717) is 51.6 Å². The minimum Gasteiger partial charge on any atom is -0.492 e. The Bertz CT molecular complexity index is 1510. The lowest BCUT2D eigenvalue weighted by Crippen LogP contribution is -2.25. The SMILES string of the molecule is COC(=O)C(C)c1nn(Cc2nc3cc(OCC4CC4)c(C#N)cc3[nH]2)c2ccccc2c1=O. The number of esters is 1. The summed E-state index contributed by atoms with van der Waals surface area (Å²) in [5, 5.41) is 14.5. The number of methoxy groups -OCH3 is 1. The molecule has 1 aliphatic rings. The van der Waals surface area contributed by atoms with Crippen LogP contribution in [-0.4, -0.2) is 39.4 Å². The van der Waals surface area contributed by atoms with E-state index in [1.165, 1.54) is 7.11 Å². The molecule has 0 saturated heterocycles. The first kappa shape index (κ1) is 21.6. The number of imidazole rings is 1. The largest absolute Gasteiger partial charge is 0.492 e. The molecule has 34 heavy (non-hydrogen) atoms. The van der Waals surface area contributed by atoms with Gasteiger partial charge in [-0.2, -0.15) is 10.4 Å². The molecule has 4 aromatic rings. The number of hydrogen-bond donors (Lipinski definition) is 1. The van der Waals surface area contributed by atoms with Crippen LogP contribution in [0.15, 0.2) is 41.2 Å². The smallest absolute Gasteiger partial charge is 0.314 e. The number of rotatable bonds is 7. The molecule has 0 bridgehead atoms. The minimum atomic E-state index is -0.812. The van der Waals surface area contributed by atoms with E-state index in [-0.39, 0.29) is 17.7 Å². The molecule has 0 radical (unpaired) electrons. The second-order valence-electron chi connectivity index (χ2n) is 8.55. The van der Waals surface area contributed by atoms with E-state index in [2.05, 4.69) is 21.1 Å². The summed E-state index contributed by atoms with van der Waals surface area (Å²) in [6.45, 7) is 2.44. The predicted octanol–water partition coefficient (Wildman–Crippen LogP) is 3.26. The van der Waals surface area contributed by atoms with Crippen molar-refractivity contribution in [2.75, 3.05) is 13.7 Å². The lowest BCUT2D eigenvalue weighted by atomic mass is 10.1. The Balaban J connectivity index is 1.55. The quantitative estimate of drug-likeness (QED) is 0.423. The second kappa shape index (κ2) is 8.63. The molecule has 2 aromatic heterocycles. The van der Waals surface area contributed by atoms with Gasteiger partial charge in [-0.05, 0) is 43.9 Å². The first-order valence-electron chi connectivity index (χ1n) is 11.1. The number of H-pyrrole nitrogens is 1. The molecule has 0 amide bonds. The van der Waals surface area contributed by atoms with Gasteiger partial charge in [0.15, 0.2) is 0 Å². The molecule has 172 valence electrons. The number of nitrogens with one attached hydrogen (secondary N) is 1. The zero-order chi connectivity index (χ0) is 23.8. The van der Waals surface area contributed by atoms with Crippen LogP contribution in [0.2, 0.25) is 0 Å². The maximum Gasteiger partial charge on any atom is 0.314 e. The fourth-order valence-corrected chi connectivity index (χ4v) is 3.96. The number of nitrogens with zero attached hydrogens (tertiary/aromatic N) is 4. The number of para-hydroxylation sites is 1. The first-order chi connectivity index (χ1) is 16.5. The standard InChI is InChI=1S/C25H23N5O4/c1-14(25(32)33-2)23-24(31)17-5-3-4-6-20(17)30(29-23)12-22-27-18-9-16(11-26)21(10-19(18)28-22)34-13-15-7-8-15/h3-6,9-10,14-15H,7-8,12-13H2,1-2H3,(H,27,28). The number of aromatic nitrogens is 4. The minimum absolute atomic E-state index is 0.115. The highest BCUT2D eigenvalue weighted by Crippen LogP contribution is 2.31. The monoisotopic (exact) mass is 457 g/mol. The zero-order valence-electron chi connectivity index (χ0n) is 18.9. The fourth-order valence-electron chi connectivity index (χ4n) is 3.96. The third-order valence-electron chi connectivity index (χ3n) is 6.08. The van der Waals surface area contributed by atoms with Crippen molar-refractivity contribution in [3.05, 3.63) is 63.7 Å². The fraction of sp³-hybridized carbons (Fsp3) is 0.320. The van der Waals surface area contributed by atoms with Crippen LogP contribution in [0.4, 0.5) is 0 Å². The van der Waals surface area contributed by atoms with E-state index in [1.807, 2.05) is 6.07 Å². The summed E-state index contributed by atoms with van der Waals surface area (Å²) in [4.78, 5) is 33.0. The van der Waals surface area contributed by atoms with Gasteiger partial charge in [0.05, 0.1) is 42.4 Å². The van der Waals surface area contributed by atoms with Gasteiger partial charge in [0, 0.05) is 11.5 Å². The Labute approximate surface area is 194 Å². The van der Waals surface area contributed by atoms with Crippen LogP contribution in [0, 0.1) is 17.2 Å². The van der Waals surface area contributed by atoms with Gasteiger partial charge < -0.3 is 14.5 Å². The van der Waals surface area contributed by atoms with Gasteiger partial charge >= 0.3 is 5.97 Å². The molecule has 2 heterocycles. The number of fused-ring (bicyclic) bond motifs is 2. The highest BCUT2D eigenvalue weighted by Gasteiger charge is 2.24. The van der Waals surface area contributed by atoms with E-state index in [1.54, 1.807) is 41.9 Å². The maximum atomic E-state index is 13.0. The Morgan fingerprint density at radius 2 is 2.12 bits per heavy atom. The number of hydrogen-bond acceptors (Lipinski definition) is 7. The molecule has 0 aliphatic heterocycles. The Kier molecular flexibility index (Phi) is 5.49. The molecule has 5 rings (SSSR count). The molecular formula is C25H23N5O4. The average Bonchev–Trinajstić information content (AvgIpc) is 3.61. The zero-order valence-corrected chi connectivity index (χ0v) is 18.9. The van der Waals surface area contributed by atoms with Crippen molar-refractivity contribution in [3.8, 4) is 11.8 Å². The van der Waals surface area contributed by atoms with Gasteiger partial charge in [-0.25, -0.2) is 4.98 Å². The van der Waals surface area contributed by atoms with Crippen molar-refractivity contribution in [3.63, 3.8) is 0 Å². The van der Waals surface area contributed by atoms with Crippen molar-refractivity contribution in [1.82, 2.24) is 19.7 Å². The Morgan fingerprint density at radius 3 is 2.85 bits per heavy atom. The van der Waals surface area contributed by atoms with Gasteiger partial charge in [-0.15, -0.1) is 0 Å². The summed E-state index contributed by atoms with van der Waals surface area (Å²) < 4.78 is 12.3. The molecule has 0 spiro atoms. The maximum absolute atomic E-state index is 13.0. The predicted molar refractivity (Wildman–Crippen MR) is 125 cm³/mol. The summed E-state index contributed by atoms with van der Waals surface area (Å²) in [5.41, 5.74) is 2.27. The average molecular weight is 457 g/mol. The van der Waals surface area contributed by atoms with Crippen molar-refractivity contribution < 1.29 is 14.3 Å². The number of benzene rings is 2. The normalized spacial score (nSPS) is 14.1. The number of carbonyl (C=O) groups excluding carboxylic acids is 1. The van der Waals surface area contributed by atoms with Crippen LogP contribution in [0.1, 0.15) is 42.8 Å². The van der Waals surface area contributed by atoms with Gasteiger partial charge in [0.1, 0.15) is 29.3 Å². The Hall–Kier alpha value is -4.19. The van der Waals surface area contributed by atoms with Gasteiger partial charge in [0.25, 0.3) is 0 Å². The summed E-state index contributed by atoms with van der Waals surface area (Å²) in [7, 11) is 1.28. The molecule has 9 nitrogen and oxygen atoms in total. The van der Waals surface area contributed by atoms with Crippen molar-refractivity contribution in [1.29, 1.82) is 5.26 Å². The van der Waals surface area contributed by atoms with E-state index < -0.39 is 11.9 Å². The summed E-state index contributed by atoms with van der Waals surface area (Å²) in [5.74, 6) is 0.349. The van der Waals surface area contributed by atoms with E-state index in [4.69, 9.17) is 9.47 Å². The molecule has 9 heteroatoms. The number of aromatic amines is 1. The molecular weight excluding hydrogens is 434 g/mol. The number of ether oxygens (including phenoxy) is 2. The van der Waals surface area contributed by atoms with Crippen LogP contribution < -0.4 is 10.2 Å². The van der Waals surface area contributed by atoms with Crippen LogP contribution in [0.3, 0.4) is 0 Å². The lowest BCUT2D eigenvalue weighted by molar-refractivity contribution is -0.142. The van der Waals surface area contributed by atoms with Crippen molar-refractivity contribution >= 4 is 27.9 Å². The van der Waals surface area contributed by atoms with E-state index in [9.17, 15) is 14.9 Å². The second-order valence-corrected chi connectivity index (χ2v) is 8.55. The van der Waals surface area contributed by atoms with Gasteiger partial charge in [-0.1, -0.05) is 12.1 Å². The van der Waals surface area contributed by atoms with E-state index in [0.717, 1.165) is 12.8 Å². The molecule has 1 atom stereocenters. The van der Waals surface area contributed by atoms with Crippen LogP contribution in [-0.2, 0) is 16.1 Å². The third kappa shape index (κ3) is 3.99. The summed E-state index contributed by atoms with van der Waals surface area (Å²) in [6, 6.07) is 12.8. The molecule has 1 aliphatic carbocycles. The van der Waals surface area contributed by atoms with Crippen molar-refractivity contribution in [2.45, 2.75) is 32.2 Å². The van der Waals surface area contributed by atoms with Crippen LogP contribution in [0.5, 0.6) is 5.75 Å². The molecule has 1 unspecified atom stereocenters. The highest BCUT2D eigenvalue weighted by atomic mass is 16.5. The summed E-state index contributed by atoms with van der Waals surface area (Å²) in [6.07, 6.45) is 2.32. The third-order valence-corrected chi connectivity index (χ3v) is 6.08. The van der Waals surface area contributed by atoms with Crippen LogP contribution in [0.25, 0.3) is 21.9 Å². The number of carbonyl (C=O) groups is 1.